The van der Waals surface area contributed by atoms with Crippen LogP contribution in [-0.2, 0) is 0 Å². The average Bonchev–Trinajstić information content (AvgIpc) is 2.78. The van der Waals surface area contributed by atoms with Gasteiger partial charge in [0.1, 0.15) is 6.33 Å². The van der Waals surface area contributed by atoms with Crippen LogP contribution in [0.1, 0.15) is 11.1 Å². The lowest BCUT2D eigenvalue weighted by Crippen LogP contribution is -1.93. The molecule has 18 heavy (non-hydrogen) atoms. The SMILES string of the molecule is Cc1ccc(-c2cnn3c(O)ncnc23)cc1C. The normalized spacial score (nSPS) is 11.0. The molecule has 0 unspecified atom stereocenters. The second kappa shape index (κ2) is 3.80. The molecule has 0 saturated heterocycles. The van der Waals surface area contributed by atoms with Gasteiger partial charge in [0.2, 0.25) is 0 Å². The maximum atomic E-state index is 9.58. The van der Waals surface area contributed by atoms with Gasteiger partial charge in [-0.2, -0.15) is 14.6 Å². The molecule has 0 radical (unpaired) electrons. The molecule has 0 atom stereocenters. The average molecular weight is 240 g/mol. The first kappa shape index (κ1) is 10.7. The van der Waals surface area contributed by atoms with Crippen LogP contribution in [0.15, 0.2) is 30.7 Å². The Labute approximate surface area is 104 Å². The minimum Gasteiger partial charge on any atom is -0.479 e. The molecule has 2 aromatic heterocycles. The summed E-state index contributed by atoms with van der Waals surface area (Å²) < 4.78 is 1.32. The highest BCUT2D eigenvalue weighted by atomic mass is 16.3. The molecule has 0 fully saturated rings. The molecule has 1 aromatic carbocycles. The van der Waals surface area contributed by atoms with E-state index in [2.05, 4.69) is 41.0 Å². The van der Waals surface area contributed by atoms with Gasteiger partial charge in [-0.05, 0) is 30.5 Å². The molecular weight excluding hydrogens is 228 g/mol. The minimum atomic E-state index is -0.157. The van der Waals surface area contributed by atoms with Crippen LogP contribution in [0.2, 0.25) is 0 Å². The van der Waals surface area contributed by atoms with Crippen molar-refractivity contribution >= 4 is 5.65 Å². The van der Waals surface area contributed by atoms with Crippen molar-refractivity contribution in [3.63, 3.8) is 0 Å². The largest absolute Gasteiger partial charge is 0.479 e. The zero-order valence-electron chi connectivity index (χ0n) is 10.1. The second-order valence-corrected chi connectivity index (χ2v) is 4.27. The highest BCUT2D eigenvalue weighted by molar-refractivity contribution is 5.77. The maximum absolute atomic E-state index is 9.58. The van der Waals surface area contributed by atoms with Crippen LogP contribution in [0.5, 0.6) is 6.01 Å². The van der Waals surface area contributed by atoms with Gasteiger partial charge < -0.3 is 5.11 Å². The van der Waals surface area contributed by atoms with E-state index in [1.54, 1.807) is 6.20 Å². The predicted octanol–water partition coefficient (Wildman–Crippen LogP) is 2.11. The van der Waals surface area contributed by atoms with Gasteiger partial charge in [0, 0.05) is 5.56 Å². The van der Waals surface area contributed by atoms with E-state index in [4.69, 9.17) is 0 Å². The van der Waals surface area contributed by atoms with Crippen molar-refractivity contribution in [3.05, 3.63) is 41.9 Å². The Morgan fingerprint density at radius 1 is 1.11 bits per heavy atom. The molecule has 0 bridgehead atoms. The van der Waals surface area contributed by atoms with E-state index >= 15 is 0 Å². The van der Waals surface area contributed by atoms with Gasteiger partial charge in [-0.3, -0.25) is 0 Å². The van der Waals surface area contributed by atoms with Gasteiger partial charge in [-0.25, -0.2) is 4.98 Å². The lowest BCUT2D eigenvalue weighted by atomic mass is 10.0. The summed E-state index contributed by atoms with van der Waals surface area (Å²) in [7, 11) is 0. The number of aromatic hydroxyl groups is 1. The van der Waals surface area contributed by atoms with Gasteiger partial charge in [0.25, 0.3) is 0 Å². The number of aryl methyl sites for hydroxylation is 2. The highest BCUT2D eigenvalue weighted by Crippen LogP contribution is 2.26. The Morgan fingerprint density at radius 3 is 2.72 bits per heavy atom. The number of hydrogen-bond donors (Lipinski definition) is 1. The lowest BCUT2D eigenvalue weighted by molar-refractivity contribution is 0.411. The summed E-state index contributed by atoms with van der Waals surface area (Å²) in [5.41, 5.74) is 4.98. The number of hydrogen-bond acceptors (Lipinski definition) is 4. The van der Waals surface area contributed by atoms with Crippen molar-refractivity contribution in [1.82, 2.24) is 19.6 Å². The van der Waals surface area contributed by atoms with Crippen LogP contribution < -0.4 is 0 Å². The summed E-state index contributed by atoms with van der Waals surface area (Å²) in [4.78, 5) is 7.85. The van der Waals surface area contributed by atoms with Gasteiger partial charge in [0.05, 0.1) is 6.20 Å². The second-order valence-electron chi connectivity index (χ2n) is 4.27. The first-order valence-corrected chi connectivity index (χ1v) is 5.62. The molecule has 0 spiro atoms. The third-order valence-electron chi connectivity index (χ3n) is 3.10. The summed E-state index contributed by atoms with van der Waals surface area (Å²) in [6, 6.07) is 6.02. The fraction of sp³-hybridized carbons (Fsp3) is 0.154. The molecule has 0 amide bonds. The fourth-order valence-corrected chi connectivity index (χ4v) is 1.92. The Kier molecular flexibility index (Phi) is 2.26. The summed E-state index contributed by atoms with van der Waals surface area (Å²) in [5, 5.41) is 13.7. The van der Waals surface area contributed by atoms with Crippen molar-refractivity contribution in [2.45, 2.75) is 13.8 Å². The van der Waals surface area contributed by atoms with E-state index in [9.17, 15) is 5.11 Å². The van der Waals surface area contributed by atoms with Gasteiger partial charge in [-0.1, -0.05) is 18.2 Å². The van der Waals surface area contributed by atoms with Crippen molar-refractivity contribution in [3.8, 4) is 17.1 Å². The van der Waals surface area contributed by atoms with Crippen molar-refractivity contribution in [2.75, 3.05) is 0 Å². The van der Waals surface area contributed by atoms with Crippen LogP contribution in [-0.4, -0.2) is 24.7 Å². The summed E-state index contributed by atoms with van der Waals surface area (Å²) in [6.07, 6.45) is 3.02. The molecule has 0 aliphatic heterocycles. The third-order valence-corrected chi connectivity index (χ3v) is 3.10. The number of benzene rings is 1. The molecule has 5 heteroatoms. The Hall–Kier alpha value is -2.43. The van der Waals surface area contributed by atoms with E-state index in [-0.39, 0.29) is 6.01 Å². The smallest absolute Gasteiger partial charge is 0.318 e. The van der Waals surface area contributed by atoms with E-state index < -0.39 is 0 Å². The highest BCUT2D eigenvalue weighted by Gasteiger charge is 2.11. The fourth-order valence-electron chi connectivity index (χ4n) is 1.92. The predicted molar refractivity (Wildman–Crippen MR) is 67.4 cm³/mol. The number of fused-ring (bicyclic) bond motifs is 1. The van der Waals surface area contributed by atoms with Crippen molar-refractivity contribution in [1.29, 1.82) is 0 Å². The van der Waals surface area contributed by atoms with Crippen molar-refractivity contribution in [2.24, 2.45) is 0 Å². The third kappa shape index (κ3) is 1.52. The first-order chi connectivity index (χ1) is 8.66. The zero-order valence-corrected chi connectivity index (χ0v) is 10.1. The van der Waals surface area contributed by atoms with E-state index in [0.717, 1.165) is 11.1 Å². The Morgan fingerprint density at radius 2 is 1.94 bits per heavy atom. The summed E-state index contributed by atoms with van der Waals surface area (Å²) in [5.74, 6) is 0. The molecule has 90 valence electrons. The van der Waals surface area contributed by atoms with E-state index in [1.165, 1.54) is 22.0 Å². The monoisotopic (exact) mass is 240 g/mol. The molecule has 0 aliphatic rings. The molecular formula is C13H12N4O. The first-order valence-electron chi connectivity index (χ1n) is 5.62. The molecule has 2 heterocycles. The van der Waals surface area contributed by atoms with Crippen LogP contribution >= 0.6 is 0 Å². The van der Waals surface area contributed by atoms with Gasteiger partial charge in [-0.15, -0.1) is 0 Å². The van der Waals surface area contributed by atoms with Crippen LogP contribution in [0.3, 0.4) is 0 Å². The minimum absolute atomic E-state index is 0.157. The van der Waals surface area contributed by atoms with E-state index in [1.807, 2.05) is 6.07 Å². The van der Waals surface area contributed by atoms with Crippen molar-refractivity contribution < 1.29 is 5.11 Å². The van der Waals surface area contributed by atoms with Crippen LogP contribution in [0.4, 0.5) is 0 Å². The summed E-state index contributed by atoms with van der Waals surface area (Å²) in [6.45, 7) is 4.14. The standard InChI is InChI=1S/C13H12N4O/c1-8-3-4-10(5-9(8)2)11-6-16-17-12(11)14-7-15-13(17)18/h3-7H,1-2H3,(H,14,15,18). The van der Waals surface area contributed by atoms with E-state index in [0.29, 0.717) is 5.65 Å². The van der Waals surface area contributed by atoms with Gasteiger partial charge >= 0.3 is 6.01 Å². The Bertz CT molecular complexity index is 733. The van der Waals surface area contributed by atoms with Crippen LogP contribution in [0, 0.1) is 13.8 Å². The molecule has 3 rings (SSSR count). The molecule has 3 aromatic rings. The number of nitrogens with zero attached hydrogens (tertiary/aromatic N) is 4. The summed E-state index contributed by atoms with van der Waals surface area (Å²) >= 11 is 0. The number of aromatic nitrogens is 4. The molecule has 0 aliphatic carbocycles. The molecule has 0 saturated carbocycles. The molecule has 1 N–H and O–H groups in total. The molecule has 5 nitrogen and oxygen atoms in total. The topological polar surface area (TPSA) is 63.3 Å². The quantitative estimate of drug-likeness (QED) is 0.707. The lowest BCUT2D eigenvalue weighted by Gasteiger charge is -2.03. The maximum Gasteiger partial charge on any atom is 0.318 e. The number of rotatable bonds is 1. The zero-order chi connectivity index (χ0) is 12.7. The van der Waals surface area contributed by atoms with Gasteiger partial charge in [0.15, 0.2) is 5.65 Å². The Balaban J connectivity index is 2.25. The van der Waals surface area contributed by atoms with Crippen LogP contribution in [0.25, 0.3) is 16.8 Å².